The topological polar surface area (TPSA) is 95.9 Å². The second-order valence-electron chi connectivity index (χ2n) is 7.82. The van der Waals surface area contributed by atoms with Gasteiger partial charge in [-0.1, -0.05) is 48.0 Å². The molecule has 7 nitrogen and oxygen atoms in total. The number of ether oxygens (including phenoxy) is 1. The van der Waals surface area contributed by atoms with Crippen LogP contribution in [0.25, 0.3) is 33.4 Å². The van der Waals surface area contributed by atoms with Gasteiger partial charge in [-0.2, -0.15) is 0 Å². The highest BCUT2D eigenvalue weighted by molar-refractivity contribution is 6.35. The van der Waals surface area contributed by atoms with Crippen LogP contribution in [0, 0.1) is 0 Å². The number of fused-ring (bicyclic) bond motifs is 1. The standard InChI is InChI=1S/C26H20ClN5O2/c1-32-11-9-16(14-32)15-34-26(33)24-25(28)31-22(17-6-3-2-4-7-17)23(30-24)19-12-18-8-5-10-29-21(18)20(27)13-19/h2-14H,15H2,1H3,(H2,28,31). The second-order valence-corrected chi connectivity index (χ2v) is 8.22. The van der Waals surface area contributed by atoms with Crippen LogP contribution in [0.1, 0.15) is 16.1 Å². The van der Waals surface area contributed by atoms with Crippen molar-refractivity contribution in [1.29, 1.82) is 0 Å². The normalized spacial score (nSPS) is 11.0. The molecule has 5 rings (SSSR count). The molecule has 0 aliphatic carbocycles. The van der Waals surface area contributed by atoms with E-state index in [4.69, 9.17) is 22.1 Å². The van der Waals surface area contributed by atoms with Gasteiger partial charge in [0.25, 0.3) is 0 Å². The molecule has 0 unspecified atom stereocenters. The number of hydrogen-bond donors (Lipinski definition) is 1. The molecule has 0 aliphatic heterocycles. The molecule has 0 atom stereocenters. The number of carbonyl (C=O) groups excluding carboxylic acids is 1. The third-order valence-electron chi connectivity index (χ3n) is 5.36. The monoisotopic (exact) mass is 469 g/mol. The number of benzene rings is 2. The van der Waals surface area contributed by atoms with E-state index in [2.05, 4.69) is 15.0 Å². The number of esters is 1. The first-order chi connectivity index (χ1) is 16.5. The fourth-order valence-electron chi connectivity index (χ4n) is 3.75. The zero-order valence-corrected chi connectivity index (χ0v) is 19.0. The van der Waals surface area contributed by atoms with Crippen molar-refractivity contribution in [2.24, 2.45) is 7.05 Å². The lowest BCUT2D eigenvalue weighted by molar-refractivity contribution is 0.0467. The Hall–Kier alpha value is -4.23. The Bertz CT molecular complexity index is 1510. The summed E-state index contributed by atoms with van der Waals surface area (Å²) in [5.41, 5.74) is 10.2. The summed E-state index contributed by atoms with van der Waals surface area (Å²) < 4.78 is 7.35. The van der Waals surface area contributed by atoms with Crippen molar-refractivity contribution in [3.8, 4) is 22.5 Å². The number of nitrogens with zero attached hydrogens (tertiary/aromatic N) is 4. The summed E-state index contributed by atoms with van der Waals surface area (Å²) in [6.07, 6.45) is 5.44. The minimum absolute atomic E-state index is 0.00535. The quantitative estimate of drug-likeness (QED) is 0.351. The van der Waals surface area contributed by atoms with E-state index >= 15 is 0 Å². The Balaban J connectivity index is 1.62. The van der Waals surface area contributed by atoms with Gasteiger partial charge in [-0.3, -0.25) is 4.98 Å². The van der Waals surface area contributed by atoms with Crippen molar-refractivity contribution in [3.63, 3.8) is 0 Å². The Morgan fingerprint density at radius 1 is 1.03 bits per heavy atom. The highest BCUT2D eigenvalue weighted by atomic mass is 35.5. The summed E-state index contributed by atoms with van der Waals surface area (Å²) >= 11 is 6.53. The summed E-state index contributed by atoms with van der Waals surface area (Å²) in [5, 5.41) is 1.31. The molecule has 168 valence electrons. The van der Waals surface area contributed by atoms with Crippen LogP contribution in [-0.4, -0.2) is 25.5 Å². The smallest absolute Gasteiger partial charge is 0.361 e. The number of rotatable bonds is 5. The zero-order valence-electron chi connectivity index (χ0n) is 18.3. The molecule has 0 saturated heterocycles. The number of aryl methyl sites for hydroxylation is 1. The summed E-state index contributed by atoms with van der Waals surface area (Å²) in [6, 6.07) is 18.8. The number of aromatic nitrogens is 4. The van der Waals surface area contributed by atoms with E-state index in [9.17, 15) is 4.79 Å². The highest BCUT2D eigenvalue weighted by Gasteiger charge is 2.22. The van der Waals surface area contributed by atoms with Gasteiger partial charge in [-0.25, -0.2) is 14.8 Å². The van der Waals surface area contributed by atoms with Crippen molar-refractivity contribution in [3.05, 3.63) is 95.5 Å². The number of halogens is 1. The summed E-state index contributed by atoms with van der Waals surface area (Å²) in [7, 11) is 1.90. The molecular formula is C26H20ClN5O2. The first-order valence-electron chi connectivity index (χ1n) is 10.5. The van der Waals surface area contributed by atoms with Gasteiger partial charge in [-0.05, 0) is 24.3 Å². The lowest BCUT2D eigenvalue weighted by atomic mass is 10.0. The molecular weight excluding hydrogens is 450 g/mol. The molecule has 5 aromatic rings. The van der Waals surface area contributed by atoms with E-state index in [1.807, 2.05) is 78.6 Å². The number of anilines is 1. The van der Waals surface area contributed by atoms with Crippen LogP contribution in [0.3, 0.4) is 0 Å². The molecule has 0 amide bonds. The highest BCUT2D eigenvalue weighted by Crippen LogP contribution is 2.35. The van der Waals surface area contributed by atoms with E-state index in [1.54, 1.807) is 12.3 Å². The molecule has 3 aromatic heterocycles. The van der Waals surface area contributed by atoms with Gasteiger partial charge in [0.05, 0.1) is 21.9 Å². The van der Waals surface area contributed by atoms with Crippen LogP contribution in [0.5, 0.6) is 0 Å². The number of nitrogens with two attached hydrogens (primary N) is 1. The Morgan fingerprint density at radius 3 is 2.59 bits per heavy atom. The minimum Gasteiger partial charge on any atom is -0.456 e. The van der Waals surface area contributed by atoms with Gasteiger partial charge >= 0.3 is 5.97 Å². The first kappa shape index (κ1) is 21.6. The third-order valence-corrected chi connectivity index (χ3v) is 5.65. The predicted molar refractivity (Wildman–Crippen MR) is 132 cm³/mol. The SMILES string of the molecule is Cn1ccc(COC(=O)c2nc(-c3cc(Cl)c4ncccc4c3)c(-c3ccccc3)nc2N)c1. The average Bonchev–Trinajstić information content (AvgIpc) is 3.28. The molecule has 2 N–H and O–H groups in total. The molecule has 8 heteroatoms. The maximum Gasteiger partial charge on any atom is 0.361 e. The zero-order chi connectivity index (χ0) is 23.7. The van der Waals surface area contributed by atoms with Crippen molar-refractivity contribution in [2.75, 3.05) is 5.73 Å². The van der Waals surface area contributed by atoms with E-state index < -0.39 is 5.97 Å². The average molecular weight is 470 g/mol. The Kier molecular flexibility index (Phi) is 5.69. The van der Waals surface area contributed by atoms with Crippen molar-refractivity contribution in [1.82, 2.24) is 19.5 Å². The lowest BCUT2D eigenvalue weighted by Crippen LogP contribution is -2.13. The molecule has 2 aromatic carbocycles. The Morgan fingerprint density at radius 2 is 1.82 bits per heavy atom. The van der Waals surface area contributed by atoms with E-state index in [0.717, 1.165) is 16.5 Å². The van der Waals surface area contributed by atoms with Crippen molar-refractivity contribution < 1.29 is 9.53 Å². The number of nitrogen functional groups attached to an aromatic ring is 1. The molecule has 0 spiro atoms. The van der Waals surface area contributed by atoms with E-state index in [-0.39, 0.29) is 18.1 Å². The number of pyridine rings is 1. The molecule has 3 heterocycles. The fourth-order valence-corrected chi connectivity index (χ4v) is 4.02. The molecule has 0 aliphatic rings. The van der Waals surface area contributed by atoms with Gasteiger partial charge in [0.1, 0.15) is 6.61 Å². The van der Waals surface area contributed by atoms with Gasteiger partial charge < -0.3 is 15.0 Å². The summed E-state index contributed by atoms with van der Waals surface area (Å²) in [5.74, 6) is -0.655. The molecule has 0 bridgehead atoms. The Labute approximate surface area is 200 Å². The minimum atomic E-state index is -0.650. The van der Waals surface area contributed by atoms with Crippen molar-refractivity contribution in [2.45, 2.75) is 6.61 Å². The van der Waals surface area contributed by atoms with Gasteiger partial charge in [0, 0.05) is 47.7 Å². The molecule has 0 saturated carbocycles. The van der Waals surface area contributed by atoms with Gasteiger partial charge in [0.2, 0.25) is 0 Å². The molecule has 34 heavy (non-hydrogen) atoms. The van der Waals surface area contributed by atoms with E-state index in [1.165, 1.54) is 0 Å². The van der Waals surface area contributed by atoms with Crippen molar-refractivity contribution >= 4 is 34.3 Å². The van der Waals surface area contributed by atoms with Crippen LogP contribution in [-0.2, 0) is 18.4 Å². The van der Waals surface area contributed by atoms with Crippen LogP contribution in [0.4, 0.5) is 5.82 Å². The first-order valence-corrected chi connectivity index (χ1v) is 10.9. The van der Waals surface area contributed by atoms with Crippen LogP contribution in [0.15, 0.2) is 79.3 Å². The largest absolute Gasteiger partial charge is 0.456 e. The third kappa shape index (κ3) is 4.21. The predicted octanol–water partition coefficient (Wildman–Crippen LogP) is 5.29. The number of carbonyl (C=O) groups is 1. The summed E-state index contributed by atoms with van der Waals surface area (Å²) in [4.78, 5) is 26.5. The van der Waals surface area contributed by atoms with Crippen LogP contribution < -0.4 is 5.73 Å². The molecule has 0 fully saturated rings. The van der Waals surface area contributed by atoms with E-state index in [0.29, 0.717) is 27.5 Å². The second kappa shape index (κ2) is 8.96. The lowest BCUT2D eigenvalue weighted by Gasteiger charge is -2.14. The van der Waals surface area contributed by atoms with Crippen LogP contribution >= 0.6 is 11.6 Å². The maximum absolute atomic E-state index is 12.9. The number of hydrogen-bond acceptors (Lipinski definition) is 6. The van der Waals surface area contributed by atoms with Gasteiger partial charge in [0.15, 0.2) is 11.5 Å². The maximum atomic E-state index is 12.9. The van der Waals surface area contributed by atoms with Gasteiger partial charge in [-0.15, -0.1) is 0 Å². The van der Waals surface area contributed by atoms with Crippen LogP contribution in [0.2, 0.25) is 5.02 Å². The molecule has 0 radical (unpaired) electrons. The summed E-state index contributed by atoms with van der Waals surface area (Å²) in [6.45, 7) is 0.101. The fraction of sp³-hybridized carbons (Fsp3) is 0.0769.